The van der Waals surface area contributed by atoms with Gasteiger partial charge in [0.05, 0.1) is 12.2 Å². The third-order valence-corrected chi connectivity index (χ3v) is 2.58. The number of aliphatic hydroxyl groups excluding tert-OH is 2. The molecule has 4 heteroatoms. The van der Waals surface area contributed by atoms with Crippen LogP contribution in [0, 0.1) is 0 Å². The molecular formula is C13H20ClNO2. The highest BCUT2D eigenvalue weighted by molar-refractivity contribution is 6.30. The van der Waals surface area contributed by atoms with Crippen LogP contribution in [0.25, 0.3) is 0 Å². The van der Waals surface area contributed by atoms with Crippen molar-refractivity contribution in [3.63, 3.8) is 0 Å². The summed E-state index contributed by atoms with van der Waals surface area (Å²) in [5, 5.41) is 19.5. The first-order valence-electron chi connectivity index (χ1n) is 5.80. The van der Waals surface area contributed by atoms with E-state index in [4.69, 9.17) is 11.6 Å². The van der Waals surface area contributed by atoms with E-state index < -0.39 is 12.2 Å². The molecule has 0 fully saturated rings. The Morgan fingerprint density at radius 2 is 1.76 bits per heavy atom. The zero-order chi connectivity index (χ0) is 12.8. The second-order valence-corrected chi connectivity index (χ2v) is 4.96. The first-order chi connectivity index (χ1) is 7.97. The predicted octanol–water partition coefficient (Wildman–Crippen LogP) is 1.90. The van der Waals surface area contributed by atoms with Crippen molar-refractivity contribution in [2.75, 3.05) is 13.1 Å². The number of hydrogen-bond donors (Lipinski definition) is 2. The Labute approximate surface area is 108 Å². The number of rotatable bonds is 6. The number of aliphatic hydroxyl groups is 2. The summed E-state index contributed by atoms with van der Waals surface area (Å²) >= 11 is 5.92. The van der Waals surface area contributed by atoms with Gasteiger partial charge in [-0.2, -0.15) is 0 Å². The summed E-state index contributed by atoms with van der Waals surface area (Å²) in [4.78, 5) is 2.01. The van der Waals surface area contributed by atoms with Gasteiger partial charge in [0.1, 0.15) is 0 Å². The van der Waals surface area contributed by atoms with E-state index in [2.05, 4.69) is 0 Å². The van der Waals surface area contributed by atoms with Crippen molar-refractivity contribution < 1.29 is 10.2 Å². The van der Waals surface area contributed by atoms with E-state index in [0.717, 1.165) is 5.56 Å². The summed E-state index contributed by atoms with van der Waals surface area (Å²) in [6, 6.07) is 7.63. The van der Waals surface area contributed by atoms with E-state index in [1.807, 2.05) is 29.2 Å². The molecule has 0 spiro atoms. The molecule has 1 rings (SSSR count). The molecule has 0 aromatic heterocycles. The van der Waals surface area contributed by atoms with Crippen molar-refractivity contribution in [2.45, 2.75) is 32.6 Å². The molecule has 0 saturated carbocycles. The molecule has 17 heavy (non-hydrogen) atoms. The standard InChI is InChI=1S/C13H20ClNO2/c1-10(16)7-15(8-11(2)17)9-12-4-3-5-13(14)6-12/h3-6,10-11,16-17H,7-9H2,1-2H3/t10-,11+. The molecule has 0 unspecified atom stereocenters. The van der Waals surface area contributed by atoms with Gasteiger partial charge in [-0.25, -0.2) is 0 Å². The molecule has 1 aromatic rings. The van der Waals surface area contributed by atoms with Crippen LogP contribution in [-0.2, 0) is 6.54 Å². The molecule has 0 radical (unpaired) electrons. The van der Waals surface area contributed by atoms with Gasteiger partial charge in [0.15, 0.2) is 0 Å². The first-order valence-corrected chi connectivity index (χ1v) is 6.18. The predicted molar refractivity (Wildman–Crippen MR) is 70.1 cm³/mol. The van der Waals surface area contributed by atoms with Crippen molar-refractivity contribution in [3.8, 4) is 0 Å². The molecule has 96 valence electrons. The van der Waals surface area contributed by atoms with Gasteiger partial charge in [0.25, 0.3) is 0 Å². The van der Waals surface area contributed by atoms with E-state index in [0.29, 0.717) is 24.7 Å². The lowest BCUT2D eigenvalue weighted by atomic mass is 10.2. The van der Waals surface area contributed by atoms with Gasteiger partial charge in [-0.1, -0.05) is 23.7 Å². The number of hydrogen-bond acceptors (Lipinski definition) is 3. The van der Waals surface area contributed by atoms with Crippen molar-refractivity contribution in [3.05, 3.63) is 34.9 Å². The molecule has 0 bridgehead atoms. The van der Waals surface area contributed by atoms with Gasteiger partial charge in [-0.3, -0.25) is 4.90 Å². The van der Waals surface area contributed by atoms with Gasteiger partial charge in [-0.05, 0) is 31.5 Å². The van der Waals surface area contributed by atoms with Crippen molar-refractivity contribution in [1.82, 2.24) is 4.90 Å². The average Bonchev–Trinajstić information content (AvgIpc) is 2.14. The fourth-order valence-corrected chi connectivity index (χ4v) is 2.06. The minimum absolute atomic E-state index is 0.409. The highest BCUT2D eigenvalue weighted by Gasteiger charge is 2.11. The number of benzene rings is 1. The Morgan fingerprint density at radius 1 is 1.18 bits per heavy atom. The van der Waals surface area contributed by atoms with Crippen LogP contribution in [0.2, 0.25) is 5.02 Å². The van der Waals surface area contributed by atoms with Crippen LogP contribution in [-0.4, -0.2) is 40.4 Å². The maximum atomic E-state index is 9.42. The van der Waals surface area contributed by atoms with Crippen LogP contribution in [0.15, 0.2) is 24.3 Å². The lowest BCUT2D eigenvalue weighted by Gasteiger charge is -2.25. The molecular weight excluding hydrogens is 238 g/mol. The second-order valence-electron chi connectivity index (χ2n) is 4.52. The zero-order valence-electron chi connectivity index (χ0n) is 10.3. The van der Waals surface area contributed by atoms with E-state index in [9.17, 15) is 10.2 Å². The molecule has 0 amide bonds. The third kappa shape index (κ3) is 6.03. The van der Waals surface area contributed by atoms with Crippen LogP contribution >= 0.6 is 11.6 Å². The van der Waals surface area contributed by atoms with Gasteiger partial charge < -0.3 is 10.2 Å². The molecule has 2 atom stereocenters. The Kier molecular flexibility index (Phi) is 5.92. The van der Waals surface area contributed by atoms with Crippen LogP contribution in [0.1, 0.15) is 19.4 Å². The van der Waals surface area contributed by atoms with Crippen LogP contribution in [0.5, 0.6) is 0 Å². The lowest BCUT2D eigenvalue weighted by molar-refractivity contribution is 0.0794. The summed E-state index contributed by atoms with van der Waals surface area (Å²) < 4.78 is 0. The van der Waals surface area contributed by atoms with Gasteiger partial charge in [-0.15, -0.1) is 0 Å². The zero-order valence-corrected chi connectivity index (χ0v) is 11.1. The summed E-state index contributed by atoms with van der Waals surface area (Å²) in [7, 11) is 0. The summed E-state index contributed by atoms with van der Waals surface area (Å²) in [6.45, 7) is 5.24. The molecule has 0 aliphatic rings. The molecule has 0 heterocycles. The second kappa shape index (κ2) is 6.97. The maximum Gasteiger partial charge on any atom is 0.0639 e. The van der Waals surface area contributed by atoms with E-state index in [-0.39, 0.29) is 0 Å². The smallest absolute Gasteiger partial charge is 0.0639 e. The number of nitrogens with zero attached hydrogens (tertiary/aromatic N) is 1. The van der Waals surface area contributed by atoms with Gasteiger partial charge in [0, 0.05) is 24.7 Å². The molecule has 0 aliphatic carbocycles. The quantitative estimate of drug-likeness (QED) is 0.818. The Hall–Kier alpha value is -0.610. The summed E-state index contributed by atoms with van der Waals surface area (Å²) in [6.07, 6.45) is -0.819. The number of halogens is 1. The molecule has 2 N–H and O–H groups in total. The lowest BCUT2D eigenvalue weighted by Crippen LogP contribution is -2.35. The van der Waals surface area contributed by atoms with Gasteiger partial charge in [0.2, 0.25) is 0 Å². The minimum atomic E-state index is -0.409. The van der Waals surface area contributed by atoms with Crippen LogP contribution in [0.4, 0.5) is 0 Å². The van der Waals surface area contributed by atoms with Crippen molar-refractivity contribution >= 4 is 11.6 Å². The van der Waals surface area contributed by atoms with Crippen LogP contribution in [0.3, 0.4) is 0 Å². The largest absolute Gasteiger partial charge is 0.392 e. The van der Waals surface area contributed by atoms with Crippen LogP contribution < -0.4 is 0 Å². The molecule has 0 saturated heterocycles. The Balaban J connectivity index is 2.64. The maximum absolute atomic E-state index is 9.42. The fourth-order valence-electron chi connectivity index (χ4n) is 1.84. The normalized spacial score (nSPS) is 14.9. The highest BCUT2D eigenvalue weighted by Crippen LogP contribution is 2.13. The van der Waals surface area contributed by atoms with E-state index >= 15 is 0 Å². The van der Waals surface area contributed by atoms with Gasteiger partial charge >= 0.3 is 0 Å². The monoisotopic (exact) mass is 257 g/mol. The molecule has 0 aliphatic heterocycles. The van der Waals surface area contributed by atoms with E-state index in [1.54, 1.807) is 13.8 Å². The minimum Gasteiger partial charge on any atom is -0.392 e. The Morgan fingerprint density at radius 3 is 2.24 bits per heavy atom. The summed E-state index contributed by atoms with van der Waals surface area (Å²) in [5.41, 5.74) is 1.08. The van der Waals surface area contributed by atoms with Crippen molar-refractivity contribution in [2.24, 2.45) is 0 Å². The average molecular weight is 258 g/mol. The van der Waals surface area contributed by atoms with E-state index in [1.165, 1.54) is 0 Å². The highest BCUT2D eigenvalue weighted by atomic mass is 35.5. The topological polar surface area (TPSA) is 43.7 Å². The summed E-state index contributed by atoms with van der Waals surface area (Å²) in [5.74, 6) is 0. The fraction of sp³-hybridized carbons (Fsp3) is 0.538. The van der Waals surface area contributed by atoms with Crippen molar-refractivity contribution in [1.29, 1.82) is 0 Å². The Bertz CT molecular complexity index is 332. The third-order valence-electron chi connectivity index (χ3n) is 2.34. The first kappa shape index (κ1) is 14.5. The molecule has 3 nitrogen and oxygen atoms in total. The SMILES string of the molecule is C[C@H](O)CN(Cc1cccc(Cl)c1)C[C@@H](C)O. The molecule has 1 aromatic carbocycles.